The van der Waals surface area contributed by atoms with Crippen molar-refractivity contribution in [3.63, 3.8) is 0 Å². The molecule has 2 atom stereocenters. The van der Waals surface area contributed by atoms with Crippen LogP contribution in [0.3, 0.4) is 0 Å². The van der Waals surface area contributed by atoms with Gasteiger partial charge in [0.15, 0.2) is 0 Å². The highest BCUT2D eigenvalue weighted by Gasteiger charge is 2.36. The van der Waals surface area contributed by atoms with Gasteiger partial charge >= 0.3 is 0 Å². The number of benzene rings is 2. The van der Waals surface area contributed by atoms with E-state index in [0.29, 0.717) is 39.8 Å². The van der Waals surface area contributed by atoms with E-state index in [1.165, 1.54) is 0 Å². The number of fused-ring (bicyclic) bond motifs is 4. The Morgan fingerprint density at radius 2 is 1.92 bits per heavy atom. The van der Waals surface area contributed by atoms with Gasteiger partial charge in [-0.1, -0.05) is 23.7 Å². The molecule has 2 aliphatic rings. The fraction of sp³-hybridized carbons (Fsp3) is 0.286. The van der Waals surface area contributed by atoms with Crippen LogP contribution in [-0.2, 0) is 11.2 Å². The first-order valence-electron chi connectivity index (χ1n) is 8.75. The second kappa shape index (κ2) is 5.86. The minimum atomic E-state index is -0.180. The van der Waals surface area contributed by atoms with Crippen LogP contribution in [0.5, 0.6) is 5.75 Å². The summed E-state index contributed by atoms with van der Waals surface area (Å²) in [5.41, 5.74) is 2.96. The Bertz CT molecular complexity index is 1070. The molecule has 2 unspecified atom stereocenters. The summed E-state index contributed by atoms with van der Waals surface area (Å²) in [6.45, 7) is 2.54. The van der Waals surface area contributed by atoms with Gasteiger partial charge in [0, 0.05) is 16.5 Å². The van der Waals surface area contributed by atoms with Crippen molar-refractivity contribution in [3.05, 3.63) is 63.0 Å². The molecule has 3 aromatic rings. The van der Waals surface area contributed by atoms with Crippen LogP contribution in [0.1, 0.15) is 17.7 Å². The molecule has 26 heavy (non-hydrogen) atoms. The fourth-order valence-corrected chi connectivity index (χ4v) is 4.11. The predicted molar refractivity (Wildman–Crippen MR) is 99.8 cm³/mol. The summed E-state index contributed by atoms with van der Waals surface area (Å²) in [4.78, 5) is 13.2. The second-order valence-electron chi connectivity index (χ2n) is 6.90. The Kier molecular flexibility index (Phi) is 3.59. The quantitative estimate of drug-likeness (QED) is 0.623. The van der Waals surface area contributed by atoms with Crippen LogP contribution in [0.25, 0.3) is 22.1 Å². The van der Waals surface area contributed by atoms with Crippen molar-refractivity contribution in [1.29, 1.82) is 0 Å². The van der Waals surface area contributed by atoms with Gasteiger partial charge in [-0.05, 0) is 49.6 Å². The zero-order valence-electron chi connectivity index (χ0n) is 14.3. The Balaban J connectivity index is 1.72. The molecule has 5 heteroatoms. The summed E-state index contributed by atoms with van der Waals surface area (Å²) in [6.07, 6.45) is 1.59. The van der Waals surface area contributed by atoms with Crippen LogP contribution in [-0.4, -0.2) is 12.9 Å². The Morgan fingerprint density at radius 3 is 2.73 bits per heavy atom. The normalized spacial score (nSPS) is 21.3. The van der Waals surface area contributed by atoms with Crippen LogP contribution in [0, 0.1) is 12.8 Å². The van der Waals surface area contributed by atoms with E-state index in [9.17, 15) is 4.79 Å². The molecule has 1 fully saturated rings. The van der Waals surface area contributed by atoms with Gasteiger partial charge in [0.2, 0.25) is 11.7 Å². The lowest BCUT2D eigenvalue weighted by molar-refractivity contribution is -0.0697. The smallest absolute Gasteiger partial charge is 0.203 e. The van der Waals surface area contributed by atoms with Crippen molar-refractivity contribution in [2.45, 2.75) is 26.1 Å². The van der Waals surface area contributed by atoms with Crippen molar-refractivity contribution in [2.24, 2.45) is 5.92 Å². The largest absolute Gasteiger partial charge is 0.464 e. The van der Waals surface area contributed by atoms with E-state index < -0.39 is 0 Å². The molecule has 4 nitrogen and oxygen atoms in total. The summed E-state index contributed by atoms with van der Waals surface area (Å²) in [5.74, 6) is 1.67. The van der Waals surface area contributed by atoms with E-state index >= 15 is 0 Å². The molecular formula is C21H17ClO4. The van der Waals surface area contributed by atoms with E-state index in [1.807, 2.05) is 25.1 Å². The fourth-order valence-electron chi connectivity index (χ4n) is 3.98. The first-order chi connectivity index (χ1) is 12.6. The lowest BCUT2D eigenvalue weighted by Crippen LogP contribution is -2.29. The van der Waals surface area contributed by atoms with Crippen molar-refractivity contribution in [2.75, 3.05) is 6.61 Å². The van der Waals surface area contributed by atoms with Gasteiger partial charge in [0.25, 0.3) is 0 Å². The average Bonchev–Trinajstić information content (AvgIpc) is 3.09. The number of rotatable bonds is 1. The van der Waals surface area contributed by atoms with Gasteiger partial charge in [-0.15, -0.1) is 0 Å². The highest BCUT2D eigenvalue weighted by Crippen LogP contribution is 2.40. The van der Waals surface area contributed by atoms with E-state index in [2.05, 4.69) is 0 Å². The van der Waals surface area contributed by atoms with Crippen LogP contribution < -0.4 is 10.2 Å². The highest BCUT2D eigenvalue weighted by atomic mass is 35.5. The van der Waals surface area contributed by atoms with Crippen LogP contribution >= 0.6 is 11.6 Å². The van der Waals surface area contributed by atoms with Gasteiger partial charge in [-0.3, -0.25) is 4.79 Å². The summed E-state index contributed by atoms with van der Waals surface area (Å²) >= 11 is 5.97. The van der Waals surface area contributed by atoms with Crippen LogP contribution in [0.15, 0.2) is 45.6 Å². The molecule has 0 spiro atoms. The Morgan fingerprint density at radius 1 is 1.12 bits per heavy atom. The maximum Gasteiger partial charge on any atom is 0.203 e. The Labute approximate surface area is 155 Å². The van der Waals surface area contributed by atoms with Gasteiger partial charge in [-0.25, -0.2) is 0 Å². The van der Waals surface area contributed by atoms with Gasteiger partial charge in [0.1, 0.15) is 17.1 Å². The summed E-state index contributed by atoms with van der Waals surface area (Å²) in [7, 11) is 0. The SMILES string of the molecule is Cc1oc2c3c(ccc2c(=O)c1-c1ccc(Cl)cc1)OC1OCCC1C3. The van der Waals surface area contributed by atoms with Gasteiger partial charge in [-0.2, -0.15) is 0 Å². The summed E-state index contributed by atoms with van der Waals surface area (Å²) in [5, 5.41) is 1.22. The van der Waals surface area contributed by atoms with E-state index in [0.717, 1.165) is 29.7 Å². The molecule has 0 N–H and O–H groups in total. The molecule has 0 radical (unpaired) electrons. The van der Waals surface area contributed by atoms with E-state index in [4.69, 9.17) is 25.5 Å². The molecule has 2 aromatic carbocycles. The first kappa shape index (κ1) is 15.9. The van der Waals surface area contributed by atoms with Crippen molar-refractivity contribution < 1.29 is 13.9 Å². The zero-order chi connectivity index (χ0) is 17.8. The standard InChI is InChI=1S/C21H17ClO4/c1-11-18(12-2-4-14(22)5-3-12)19(23)15-6-7-17-16(20(15)25-11)10-13-8-9-24-21(13)26-17/h2-7,13,21H,8-10H2,1H3. The molecule has 5 rings (SSSR count). The third kappa shape index (κ3) is 2.37. The Hall–Kier alpha value is -2.30. The molecule has 0 amide bonds. The lowest BCUT2D eigenvalue weighted by atomic mass is 9.92. The van der Waals surface area contributed by atoms with Crippen molar-refractivity contribution in [1.82, 2.24) is 0 Å². The zero-order valence-corrected chi connectivity index (χ0v) is 15.0. The lowest BCUT2D eigenvalue weighted by Gasteiger charge is -2.27. The van der Waals surface area contributed by atoms with E-state index in [1.54, 1.807) is 18.2 Å². The van der Waals surface area contributed by atoms with E-state index in [-0.39, 0.29) is 11.7 Å². The topological polar surface area (TPSA) is 48.7 Å². The molecule has 2 aliphatic heterocycles. The molecule has 3 heterocycles. The second-order valence-corrected chi connectivity index (χ2v) is 7.33. The molecule has 132 valence electrons. The number of hydrogen-bond acceptors (Lipinski definition) is 4. The number of aryl methyl sites for hydroxylation is 1. The summed E-state index contributed by atoms with van der Waals surface area (Å²) < 4.78 is 17.8. The molecule has 0 aliphatic carbocycles. The molecule has 0 bridgehead atoms. The predicted octanol–water partition coefficient (Wildman–Crippen LogP) is 4.72. The minimum Gasteiger partial charge on any atom is -0.464 e. The van der Waals surface area contributed by atoms with Gasteiger partial charge in [0.05, 0.1) is 17.6 Å². The molecular weight excluding hydrogens is 352 g/mol. The number of halogens is 1. The number of hydrogen-bond donors (Lipinski definition) is 0. The highest BCUT2D eigenvalue weighted by molar-refractivity contribution is 6.30. The minimum absolute atomic E-state index is 0.0290. The molecule has 0 saturated carbocycles. The third-order valence-corrected chi connectivity index (χ3v) is 5.55. The van der Waals surface area contributed by atoms with Crippen molar-refractivity contribution >= 4 is 22.6 Å². The molecule has 1 saturated heterocycles. The average molecular weight is 369 g/mol. The summed E-state index contributed by atoms with van der Waals surface area (Å²) in [6, 6.07) is 10.9. The maximum atomic E-state index is 13.2. The monoisotopic (exact) mass is 368 g/mol. The molecule has 1 aromatic heterocycles. The van der Waals surface area contributed by atoms with Crippen LogP contribution in [0.2, 0.25) is 5.02 Å². The first-order valence-corrected chi connectivity index (χ1v) is 9.13. The van der Waals surface area contributed by atoms with Crippen molar-refractivity contribution in [3.8, 4) is 16.9 Å². The third-order valence-electron chi connectivity index (χ3n) is 5.29. The maximum absolute atomic E-state index is 13.2. The van der Waals surface area contributed by atoms with Gasteiger partial charge < -0.3 is 13.9 Å². The number of ether oxygens (including phenoxy) is 2. The van der Waals surface area contributed by atoms with Crippen LogP contribution in [0.4, 0.5) is 0 Å².